The molecule has 1 aromatic carbocycles. The Hall–Kier alpha value is -0.730. The summed E-state index contributed by atoms with van der Waals surface area (Å²) < 4.78 is 5.12. The molecule has 0 radical (unpaired) electrons. The molecule has 0 aliphatic heterocycles. The van der Waals surface area contributed by atoms with Crippen LogP contribution in [0.4, 0.5) is 0 Å². The van der Waals surface area contributed by atoms with Crippen molar-refractivity contribution >= 4 is 11.6 Å². The molecule has 1 fully saturated rings. The molecule has 1 aromatic rings. The van der Waals surface area contributed by atoms with Crippen molar-refractivity contribution < 1.29 is 4.74 Å². The molecule has 2 nitrogen and oxygen atoms in total. The Morgan fingerprint density at radius 3 is 2.69 bits per heavy atom. The molecule has 70 valence electrons. The molecule has 2 N–H and O–H groups in total. The van der Waals surface area contributed by atoms with Crippen molar-refractivity contribution in [1.82, 2.24) is 0 Å². The highest BCUT2D eigenvalue weighted by molar-refractivity contribution is 6.33. The van der Waals surface area contributed by atoms with Gasteiger partial charge in [-0.1, -0.05) is 23.7 Å². The number of benzene rings is 1. The highest BCUT2D eigenvalue weighted by atomic mass is 35.5. The van der Waals surface area contributed by atoms with E-state index in [0.717, 1.165) is 18.4 Å². The molecule has 1 aliphatic carbocycles. The van der Waals surface area contributed by atoms with Gasteiger partial charge in [0.25, 0.3) is 0 Å². The van der Waals surface area contributed by atoms with Crippen molar-refractivity contribution in [3.63, 3.8) is 0 Å². The van der Waals surface area contributed by atoms with Crippen LogP contribution in [0.15, 0.2) is 18.2 Å². The molecule has 1 aliphatic rings. The van der Waals surface area contributed by atoms with Gasteiger partial charge < -0.3 is 10.5 Å². The van der Waals surface area contributed by atoms with Crippen LogP contribution < -0.4 is 10.5 Å². The van der Waals surface area contributed by atoms with Crippen molar-refractivity contribution in [3.05, 3.63) is 28.8 Å². The lowest BCUT2D eigenvalue weighted by Gasteiger charge is -2.13. The first-order valence-corrected chi connectivity index (χ1v) is 4.67. The SMILES string of the molecule is COc1cccc(C2(N)CC2)c1Cl. The zero-order valence-electron chi connectivity index (χ0n) is 7.51. The van der Waals surface area contributed by atoms with Gasteiger partial charge in [0.15, 0.2) is 0 Å². The predicted molar refractivity (Wildman–Crippen MR) is 53.1 cm³/mol. The van der Waals surface area contributed by atoms with Crippen LogP contribution in [0.5, 0.6) is 5.75 Å². The van der Waals surface area contributed by atoms with Gasteiger partial charge in [0.05, 0.1) is 12.1 Å². The van der Waals surface area contributed by atoms with Gasteiger partial charge in [-0.2, -0.15) is 0 Å². The third-order valence-corrected chi connectivity index (χ3v) is 2.90. The van der Waals surface area contributed by atoms with E-state index in [9.17, 15) is 0 Å². The standard InChI is InChI=1S/C10H12ClNO/c1-13-8-4-2-3-7(9(8)11)10(12)5-6-10/h2-4H,5-6,12H2,1H3. The number of methoxy groups -OCH3 is 1. The van der Waals surface area contributed by atoms with Crippen LogP contribution in [-0.4, -0.2) is 7.11 Å². The van der Waals surface area contributed by atoms with E-state index in [2.05, 4.69) is 0 Å². The highest BCUT2D eigenvalue weighted by Crippen LogP contribution is 2.47. The number of halogens is 1. The fourth-order valence-corrected chi connectivity index (χ4v) is 1.85. The smallest absolute Gasteiger partial charge is 0.137 e. The molecule has 0 amide bonds. The average molecular weight is 198 g/mol. The van der Waals surface area contributed by atoms with Crippen molar-refractivity contribution in [2.75, 3.05) is 7.11 Å². The van der Waals surface area contributed by atoms with Gasteiger partial charge in [-0.25, -0.2) is 0 Å². The van der Waals surface area contributed by atoms with Crippen molar-refractivity contribution in [2.45, 2.75) is 18.4 Å². The fourth-order valence-electron chi connectivity index (χ4n) is 1.46. The van der Waals surface area contributed by atoms with E-state index in [4.69, 9.17) is 22.1 Å². The summed E-state index contributed by atoms with van der Waals surface area (Å²) in [4.78, 5) is 0. The molecule has 13 heavy (non-hydrogen) atoms. The van der Waals surface area contributed by atoms with E-state index in [1.54, 1.807) is 7.11 Å². The molecule has 3 heteroatoms. The molecule has 0 aromatic heterocycles. The summed E-state index contributed by atoms with van der Waals surface area (Å²) in [6, 6.07) is 5.74. The Balaban J connectivity index is 2.46. The van der Waals surface area contributed by atoms with E-state index in [0.29, 0.717) is 10.8 Å². The van der Waals surface area contributed by atoms with E-state index in [-0.39, 0.29) is 5.54 Å². The third-order valence-electron chi connectivity index (χ3n) is 2.51. The zero-order valence-corrected chi connectivity index (χ0v) is 8.27. The van der Waals surface area contributed by atoms with Crippen LogP contribution in [0.25, 0.3) is 0 Å². The second kappa shape index (κ2) is 2.89. The number of nitrogens with two attached hydrogens (primary N) is 1. The molecule has 2 rings (SSSR count). The first-order chi connectivity index (χ1) is 6.17. The van der Waals surface area contributed by atoms with Crippen LogP contribution in [0.3, 0.4) is 0 Å². The molecule has 0 atom stereocenters. The summed E-state index contributed by atoms with van der Waals surface area (Å²) in [7, 11) is 1.61. The molecular formula is C10H12ClNO. The van der Waals surface area contributed by atoms with Crippen LogP contribution in [0, 0.1) is 0 Å². The molecular weight excluding hydrogens is 186 g/mol. The second-order valence-corrected chi connectivity index (χ2v) is 3.86. The quantitative estimate of drug-likeness (QED) is 0.790. The molecule has 0 spiro atoms. The summed E-state index contributed by atoms with van der Waals surface area (Å²) in [5.41, 5.74) is 6.87. The fraction of sp³-hybridized carbons (Fsp3) is 0.400. The minimum Gasteiger partial charge on any atom is -0.495 e. The minimum absolute atomic E-state index is 0.189. The number of hydrogen-bond acceptors (Lipinski definition) is 2. The second-order valence-electron chi connectivity index (χ2n) is 3.48. The van der Waals surface area contributed by atoms with Crippen LogP contribution in [0.2, 0.25) is 5.02 Å². The Kier molecular flexibility index (Phi) is 1.97. The minimum atomic E-state index is -0.189. The molecule has 0 heterocycles. The predicted octanol–water partition coefficient (Wildman–Crippen LogP) is 2.30. The Morgan fingerprint density at radius 1 is 1.46 bits per heavy atom. The maximum Gasteiger partial charge on any atom is 0.137 e. The summed E-state index contributed by atoms with van der Waals surface area (Å²) in [5.74, 6) is 0.705. The summed E-state index contributed by atoms with van der Waals surface area (Å²) >= 11 is 6.13. The first-order valence-electron chi connectivity index (χ1n) is 4.29. The third kappa shape index (κ3) is 1.40. The van der Waals surface area contributed by atoms with E-state index in [1.807, 2.05) is 18.2 Å². The summed E-state index contributed by atoms with van der Waals surface area (Å²) in [5, 5.41) is 0.657. The molecule has 1 saturated carbocycles. The molecule has 0 bridgehead atoms. The normalized spacial score (nSPS) is 18.4. The maximum absolute atomic E-state index is 6.13. The first kappa shape index (κ1) is 8.85. The van der Waals surface area contributed by atoms with Gasteiger partial charge in [0, 0.05) is 5.54 Å². The zero-order chi connectivity index (χ0) is 9.47. The lowest BCUT2D eigenvalue weighted by atomic mass is 10.1. The number of rotatable bonds is 2. The van der Waals surface area contributed by atoms with E-state index >= 15 is 0 Å². The Labute approximate surface area is 82.6 Å². The van der Waals surface area contributed by atoms with Crippen molar-refractivity contribution in [2.24, 2.45) is 5.73 Å². The Bertz CT molecular complexity index is 334. The maximum atomic E-state index is 6.13. The lowest BCUT2D eigenvalue weighted by molar-refractivity contribution is 0.414. The van der Waals surface area contributed by atoms with Gasteiger partial charge in [-0.05, 0) is 24.5 Å². The summed E-state index contributed by atoms with van der Waals surface area (Å²) in [6.45, 7) is 0. The van der Waals surface area contributed by atoms with E-state index in [1.165, 1.54) is 0 Å². The topological polar surface area (TPSA) is 35.2 Å². The van der Waals surface area contributed by atoms with Crippen LogP contribution >= 0.6 is 11.6 Å². The van der Waals surface area contributed by atoms with Gasteiger partial charge in [-0.3, -0.25) is 0 Å². The lowest BCUT2D eigenvalue weighted by Crippen LogP contribution is -2.19. The van der Waals surface area contributed by atoms with Crippen LogP contribution in [-0.2, 0) is 5.54 Å². The van der Waals surface area contributed by atoms with Crippen molar-refractivity contribution in [3.8, 4) is 5.75 Å². The Morgan fingerprint density at radius 2 is 2.15 bits per heavy atom. The average Bonchev–Trinajstić information content (AvgIpc) is 2.85. The molecule has 0 saturated heterocycles. The summed E-state index contributed by atoms with van der Waals surface area (Å²) in [6.07, 6.45) is 2.03. The van der Waals surface area contributed by atoms with E-state index < -0.39 is 0 Å². The number of hydrogen-bond donors (Lipinski definition) is 1. The largest absolute Gasteiger partial charge is 0.495 e. The van der Waals surface area contributed by atoms with Crippen LogP contribution in [0.1, 0.15) is 18.4 Å². The van der Waals surface area contributed by atoms with Gasteiger partial charge in [0.1, 0.15) is 5.75 Å². The van der Waals surface area contributed by atoms with Gasteiger partial charge in [0.2, 0.25) is 0 Å². The highest BCUT2D eigenvalue weighted by Gasteiger charge is 2.41. The van der Waals surface area contributed by atoms with Gasteiger partial charge >= 0.3 is 0 Å². The molecule has 0 unspecified atom stereocenters. The monoisotopic (exact) mass is 197 g/mol. The van der Waals surface area contributed by atoms with Gasteiger partial charge in [-0.15, -0.1) is 0 Å². The van der Waals surface area contributed by atoms with Crippen molar-refractivity contribution in [1.29, 1.82) is 0 Å². The number of ether oxygens (including phenoxy) is 1.